The SMILES string of the molecule is CC(NC(=O)CCn1nc(-c2ccccc2)c2ccccc2c1=O)c1ccccc1. The average molecular weight is 397 g/mol. The fraction of sp³-hybridized carbons (Fsp3) is 0.160. The van der Waals surface area contributed by atoms with Gasteiger partial charge in [-0.25, -0.2) is 4.68 Å². The van der Waals surface area contributed by atoms with E-state index >= 15 is 0 Å². The number of nitrogens with one attached hydrogen (secondary N) is 1. The molecule has 1 aromatic heterocycles. The highest BCUT2D eigenvalue weighted by Crippen LogP contribution is 2.24. The largest absolute Gasteiger partial charge is 0.350 e. The first-order valence-corrected chi connectivity index (χ1v) is 10.0. The molecule has 1 N–H and O–H groups in total. The van der Waals surface area contributed by atoms with Gasteiger partial charge in [-0.3, -0.25) is 9.59 Å². The average Bonchev–Trinajstić information content (AvgIpc) is 2.80. The summed E-state index contributed by atoms with van der Waals surface area (Å²) in [5.74, 6) is -0.116. The van der Waals surface area contributed by atoms with Crippen LogP contribution in [0.4, 0.5) is 0 Å². The smallest absolute Gasteiger partial charge is 0.274 e. The molecule has 5 heteroatoms. The molecule has 1 atom stereocenters. The van der Waals surface area contributed by atoms with E-state index in [1.807, 2.05) is 85.8 Å². The van der Waals surface area contributed by atoms with E-state index in [1.54, 1.807) is 6.07 Å². The number of carbonyl (C=O) groups excluding carboxylic acids is 1. The van der Waals surface area contributed by atoms with Gasteiger partial charge in [0, 0.05) is 17.4 Å². The number of nitrogens with zero attached hydrogens (tertiary/aromatic N) is 2. The number of rotatable bonds is 6. The minimum atomic E-state index is -0.186. The van der Waals surface area contributed by atoms with E-state index in [0.717, 1.165) is 22.2 Å². The van der Waals surface area contributed by atoms with E-state index in [1.165, 1.54) is 4.68 Å². The van der Waals surface area contributed by atoms with Crippen molar-refractivity contribution in [3.63, 3.8) is 0 Å². The molecule has 30 heavy (non-hydrogen) atoms. The molecule has 1 heterocycles. The van der Waals surface area contributed by atoms with Crippen LogP contribution in [0.2, 0.25) is 0 Å². The van der Waals surface area contributed by atoms with Crippen LogP contribution < -0.4 is 10.9 Å². The maximum Gasteiger partial charge on any atom is 0.274 e. The molecule has 1 amide bonds. The van der Waals surface area contributed by atoms with Gasteiger partial charge in [-0.1, -0.05) is 78.9 Å². The first-order valence-electron chi connectivity index (χ1n) is 10.0. The molecule has 4 aromatic rings. The minimum absolute atomic E-state index is 0.0973. The molecular formula is C25H23N3O2. The Bertz CT molecular complexity index is 1220. The van der Waals surface area contributed by atoms with Crippen LogP contribution in [0.25, 0.3) is 22.0 Å². The van der Waals surface area contributed by atoms with Crippen LogP contribution >= 0.6 is 0 Å². The van der Waals surface area contributed by atoms with Crippen molar-refractivity contribution in [1.82, 2.24) is 15.1 Å². The van der Waals surface area contributed by atoms with Gasteiger partial charge in [-0.15, -0.1) is 0 Å². The summed E-state index contributed by atoms with van der Waals surface area (Å²) in [6.45, 7) is 2.16. The summed E-state index contributed by atoms with van der Waals surface area (Å²) in [5, 5.41) is 9.00. The molecule has 0 fully saturated rings. The van der Waals surface area contributed by atoms with Crippen LogP contribution in [-0.2, 0) is 11.3 Å². The number of aromatic nitrogens is 2. The van der Waals surface area contributed by atoms with Gasteiger partial charge >= 0.3 is 0 Å². The van der Waals surface area contributed by atoms with Gasteiger partial charge in [0.15, 0.2) is 0 Å². The Hall–Kier alpha value is -3.73. The van der Waals surface area contributed by atoms with Crippen LogP contribution in [0.15, 0.2) is 89.7 Å². The molecule has 0 radical (unpaired) electrons. The Morgan fingerprint density at radius 2 is 1.50 bits per heavy atom. The quantitative estimate of drug-likeness (QED) is 0.527. The summed E-state index contributed by atoms with van der Waals surface area (Å²) in [5.41, 5.74) is 2.53. The summed E-state index contributed by atoms with van der Waals surface area (Å²) in [6.07, 6.45) is 0.177. The first-order chi connectivity index (χ1) is 14.6. The normalized spacial score (nSPS) is 11.9. The van der Waals surface area contributed by atoms with Crippen molar-refractivity contribution in [2.24, 2.45) is 0 Å². The molecule has 0 aliphatic carbocycles. The fourth-order valence-corrected chi connectivity index (χ4v) is 3.54. The molecule has 0 spiro atoms. The highest BCUT2D eigenvalue weighted by atomic mass is 16.2. The number of aryl methyl sites for hydroxylation is 1. The minimum Gasteiger partial charge on any atom is -0.350 e. The molecule has 0 saturated carbocycles. The number of hydrogen-bond acceptors (Lipinski definition) is 3. The van der Waals surface area contributed by atoms with E-state index in [9.17, 15) is 9.59 Å². The molecule has 3 aromatic carbocycles. The lowest BCUT2D eigenvalue weighted by Gasteiger charge is -2.15. The predicted molar refractivity (Wildman–Crippen MR) is 119 cm³/mol. The summed E-state index contributed by atoms with van der Waals surface area (Å²) in [6, 6.07) is 26.9. The molecule has 0 aliphatic rings. The van der Waals surface area contributed by atoms with Gasteiger partial charge in [-0.05, 0) is 18.6 Å². The molecule has 150 valence electrons. The molecule has 1 unspecified atom stereocenters. The number of carbonyl (C=O) groups is 1. The Kier molecular flexibility index (Phi) is 5.70. The molecule has 0 bridgehead atoms. The first kappa shape index (κ1) is 19.6. The standard InChI is InChI=1S/C25H23N3O2/c1-18(19-10-4-2-5-11-19)26-23(29)16-17-28-25(30)22-15-9-8-14-21(22)24(27-28)20-12-6-3-7-13-20/h2-15,18H,16-17H2,1H3,(H,26,29). The maximum atomic E-state index is 12.9. The van der Waals surface area contributed by atoms with Crippen molar-refractivity contribution in [2.75, 3.05) is 0 Å². The van der Waals surface area contributed by atoms with Crippen LogP contribution in [0.1, 0.15) is 24.9 Å². The van der Waals surface area contributed by atoms with E-state index in [0.29, 0.717) is 5.39 Å². The Morgan fingerprint density at radius 3 is 2.20 bits per heavy atom. The lowest BCUT2D eigenvalue weighted by molar-refractivity contribution is -0.122. The van der Waals surface area contributed by atoms with Crippen molar-refractivity contribution in [2.45, 2.75) is 25.9 Å². The second kappa shape index (κ2) is 8.74. The highest BCUT2D eigenvalue weighted by Gasteiger charge is 2.14. The lowest BCUT2D eigenvalue weighted by atomic mass is 10.1. The van der Waals surface area contributed by atoms with Crippen molar-refractivity contribution >= 4 is 16.7 Å². The van der Waals surface area contributed by atoms with Crippen molar-refractivity contribution in [1.29, 1.82) is 0 Å². The molecule has 0 saturated heterocycles. The Labute approximate surface area is 175 Å². The summed E-state index contributed by atoms with van der Waals surface area (Å²) in [7, 11) is 0. The van der Waals surface area contributed by atoms with Gasteiger partial charge in [0.05, 0.1) is 23.7 Å². The fourth-order valence-electron chi connectivity index (χ4n) is 3.54. The van der Waals surface area contributed by atoms with Gasteiger partial charge in [-0.2, -0.15) is 5.10 Å². The topological polar surface area (TPSA) is 64.0 Å². The van der Waals surface area contributed by atoms with Gasteiger partial charge in [0.25, 0.3) is 5.56 Å². The second-order valence-corrected chi connectivity index (χ2v) is 7.24. The van der Waals surface area contributed by atoms with E-state index in [4.69, 9.17) is 0 Å². The van der Waals surface area contributed by atoms with E-state index in [-0.39, 0.29) is 30.5 Å². The second-order valence-electron chi connectivity index (χ2n) is 7.24. The van der Waals surface area contributed by atoms with Gasteiger partial charge in [0.1, 0.15) is 0 Å². The summed E-state index contributed by atoms with van der Waals surface area (Å²) >= 11 is 0. The number of amides is 1. The summed E-state index contributed by atoms with van der Waals surface area (Å²) in [4.78, 5) is 25.4. The van der Waals surface area contributed by atoms with Gasteiger partial charge in [0.2, 0.25) is 5.91 Å². The number of hydrogen-bond donors (Lipinski definition) is 1. The van der Waals surface area contributed by atoms with Crippen molar-refractivity contribution < 1.29 is 4.79 Å². The third-order valence-corrected chi connectivity index (χ3v) is 5.14. The molecule has 5 nitrogen and oxygen atoms in total. The van der Waals surface area contributed by atoms with E-state index < -0.39 is 0 Å². The Morgan fingerprint density at radius 1 is 0.900 bits per heavy atom. The zero-order chi connectivity index (χ0) is 20.9. The van der Waals surface area contributed by atoms with Crippen LogP contribution in [0.5, 0.6) is 0 Å². The van der Waals surface area contributed by atoms with Crippen molar-refractivity contribution in [3.8, 4) is 11.3 Å². The third kappa shape index (κ3) is 4.15. The zero-order valence-electron chi connectivity index (χ0n) is 16.8. The third-order valence-electron chi connectivity index (χ3n) is 5.14. The predicted octanol–water partition coefficient (Wildman–Crippen LogP) is 4.33. The van der Waals surface area contributed by atoms with Crippen molar-refractivity contribution in [3.05, 3.63) is 101 Å². The van der Waals surface area contributed by atoms with Crippen LogP contribution in [0, 0.1) is 0 Å². The number of benzene rings is 3. The van der Waals surface area contributed by atoms with Crippen LogP contribution in [-0.4, -0.2) is 15.7 Å². The number of fused-ring (bicyclic) bond motifs is 1. The summed E-state index contributed by atoms with van der Waals surface area (Å²) < 4.78 is 1.40. The molecule has 0 aliphatic heterocycles. The van der Waals surface area contributed by atoms with Gasteiger partial charge < -0.3 is 5.32 Å². The lowest BCUT2D eigenvalue weighted by Crippen LogP contribution is -2.30. The van der Waals surface area contributed by atoms with E-state index in [2.05, 4.69) is 10.4 Å². The highest BCUT2D eigenvalue weighted by molar-refractivity contribution is 5.93. The molecule has 4 rings (SSSR count). The Balaban J connectivity index is 1.58. The molecular weight excluding hydrogens is 374 g/mol. The monoisotopic (exact) mass is 397 g/mol. The zero-order valence-corrected chi connectivity index (χ0v) is 16.8. The maximum absolute atomic E-state index is 12.9. The van der Waals surface area contributed by atoms with Crippen LogP contribution in [0.3, 0.4) is 0 Å².